The van der Waals surface area contributed by atoms with Gasteiger partial charge in [-0.25, -0.2) is 0 Å². The largest absolute Gasteiger partial charge is 0.401 e. The summed E-state index contributed by atoms with van der Waals surface area (Å²) in [5.41, 5.74) is 5.60. The first kappa shape index (κ1) is 15.0. The van der Waals surface area contributed by atoms with E-state index in [2.05, 4.69) is 15.9 Å². The lowest BCUT2D eigenvalue weighted by Gasteiger charge is -2.26. The Morgan fingerprint density at radius 3 is 2.56 bits per heavy atom. The van der Waals surface area contributed by atoms with Gasteiger partial charge < -0.3 is 5.73 Å². The Labute approximate surface area is 111 Å². The molecule has 0 bridgehead atoms. The average Bonchev–Trinajstić information content (AvgIpc) is 2.13. The highest BCUT2D eigenvalue weighted by Gasteiger charge is 2.34. The Morgan fingerprint density at radius 1 is 1.50 bits per heavy atom. The average molecular weight is 325 g/mol. The van der Waals surface area contributed by atoms with Gasteiger partial charge in [0.05, 0.1) is 6.54 Å². The van der Waals surface area contributed by atoms with Gasteiger partial charge in [0, 0.05) is 4.47 Å². The van der Waals surface area contributed by atoms with Crippen LogP contribution in [-0.4, -0.2) is 30.6 Å². The molecule has 100 valence electrons. The minimum absolute atomic E-state index is 0.420. The second-order valence-corrected chi connectivity index (χ2v) is 4.81. The maximum Gasteiger partial charge on any atom is 0.401 e. The van der Waals surface area contributed by atoms with E-state index >= 15 is 0 Å². The molecule has 1 aromatic rings. The molecule has 18 heavy (non-hydrogen) atoms. The molecule has 0 heterocycles. The number of carbonyl (C=O) groups is 1. The smallest absolute Gasteiger partial charge is 0.368 e. The molecule has 1 atom stereocenters. The van der Waals surface area contributed by atoms with E-state index in [1.54, 1.807) is 24.3 Å². The quantitative estimate of drug-likeness (QED) is 0.924. The van der Waals surface area contributed by atoms with E-state index in [1.165, 1.54) is 7.05 Å². The number of benzene rings is 1. The monoisotopic (exact) mass is 324 g/mol. The maximum absolute atomic E-state index is 12.3. The Bertz CT molecular complexity index is 437. The molecule has 0 aliphatic heterocycles. The Kier molecular flexibility index (Phi) is 4.75. The zero-order chi connectivity index (χ0) is 13.9. The molecule has 0 aliphatic carbocycles. The van der Waals surface area contributed by atoms with E-state index in [1.807, 2.05) is 0 Å². The molecule has 0 radical (unpaired) electrons. The molecule has 1 rings (SSSR count). The standard InChI is InChI=1S/C11H12BrF3N2O/c1-17(6-11(13,14)15)9(10(16)18)7-3-2-4-8(12)5-7/h2-5,9H,6H2,1H3,(H2,16,18)/t9-/m1/s1. The van der Waals surface area contributed by atoms with E-state index in [4.69, 9.17) is 5.73 Å². The molecule has 0 aromatic heterocycles. The Hall–Kier alpha value is -1.08. The molecule has 1 amide bonds. The second-order valence-electron chi connectivity index (χ2n) is 3.89. The van der Waals surface area contributed by atoms with Gasteiger partial charge in [-0.15, -0.1) is 0 Å². The summed E-state index contributed by atoms with van der Waals surface area (Å²) >= 11 is 3.20. The van der Waals surface area contributed by atoms with Crippen LogP contribution in [0.3, 0.4) is 0 Å². The third-order valence-electron chi connectivity index (χ3n) is 2.30. The summed E-state index contributed by atoms with van der Waals surface area (Å²) in [5.74, 6) is -0.820. The minimum atomic E-state index is -4.38. The van der Waals surface area contributed by atoms with Gasteiger partial charge >= 0.3 is 6.18 Å². The summed E-state index contributed by atoms with van der Waals surface area (Å²) in [7, 11) is 1.21. The molecule has 0 saturated heterocycles. The van der Waals surface area contributed by atoms with Crippen molar-refractivity contribution in [1.82, 2.24) is 4.90 Å². The predicted molar refractivity (Wildman–Crippen MR) is 64.8 cm³/mol. The number of alkyl halides is 3. The van der Waals surface area contributed by atoms with Crippen molar-refractivity contribution in [3.05, 3.63) is 34.3 Å². The van der Waals surface area contributed by atoms with Crippen LogP contribution in [0.4, 0.5) is 13.2 Å². The molecular formula is C11H12BrF3N2O. The van der Waals surface area contributed by atoms with Crippen molar-refractivity contribution in [3.63, 3.8) is 0 Å². The summed E-state index contributed by atoms with van der Waals surface area (Å²) in [6.45, 7) is -1.20. The fourth-order valence-corrected chi connectivity index (χ4v) is 2.10. The summed E-state index contributed by atoms with van der Waals surface area (Å²) in [6, 6.07) is 5.38. The van der Waals surface area contributed by atoms with Gasteiger partial charge in [0.15, 0.2) is 0 Å². The zero-order valence-electron chi connectivity index (χ0n) is 9.54. The first-order chi connectivity index (χ1) is 8.20. The van der Waals surface area contributed by atoms with E-state index in [-0.39, 0.29) is 0 Å². The number of likely N-dealkylation sites (N-methyl/N-ethyl adjacent to an activating group) is 1. The minimum Gasteiger partial charge on any atom is -0.368 e. The van der Waals surface area contributed by atoms with Crippen molar-refractivity contribution in [2.24, 2.45) is 5.73 Å². The molecule has 0 unspecified atom stereocenters. The number of rotatable bonds is 4. The van der Waals surface area contributed by atoms with Crippen LogP contribution in [0, 0.1) is 0 Å². The van der Waals surface area contributed by atoms with Crippen molar-refractivity contribution in [2.45, 2.75) is 12.2 Å². The third kappa shape index (κ3) is 4.30. The molecule has 0 spiro atoms. The lowest BCUT2D eigenvalue weighted by molar-refractivity contribution is -0.151. The van der Waals surface area contributed by atoms with E-state index in [9.17, 15) is 18.0 Å². The van der Waals surface area contributed by atoms with Crippen LogP contribution in [0.2, 0.25) is 0 Å². The van der Waals surface area contributed by atoms with Crippen LogP contribution in [0.15, 0.2) is 28.7 Å². The van der Waals surface area contributed by atoms with Gasteiger partial charge in [0.25, 0.3) is 0 Å². The lowest BCUT2D eigenvalue weighted by Crippen LogP contribution is -2.40. The van der Waals surface area contributed by atoms with Crippen LogP contribution in [0.5, 0.6) is 0 Å². The number of hydrogen-bond donors (Lipinski definition) is 1. The van der Waals surface area contributed by atoms with Gasteiger partial charge in [0.1, 0.15) is 6.04 Å². The van der Waals surface area contributed by atoms with Gasteiger partial charge in [-0.3, -0.25) is 9.69 Å². The zero-order valence-corrected chi connectivity index (χ0v) is 11.1. The number of halogens is 4. The van der Waals surface area contributed by atoms with Crippen LogP contribution >= 0.6 is 15.9 Å². The highest BCUT2D eigenvalue weighted by molar-refractivity contribution is 9.10. The van der Waals surface area contributed by atoms with Gasteiger partial charge in [0.2, 0.25) is 5.91 Å². The number of amides is 1. The van der Waals surface area contributed by atoms with Crippen molar-refractivity contribution in [3.8, 4) is 0 Å². The summed E-state index contributed by atoms with van der Waals surface area (Å²) in [4.78, 5) is 12.2. The first-order valence-electron chi connectivity index (χ1n) is 5.02. The molecule has 0 aliphatic rings. The fraction of sp³-hybridized carbons (Fsp3) is 0.364. The van der Waals surface area contributed by atoms with Gasteiger partial charge in [-0.1, -0.05) is 28.1 Å². The third-order valence-corrected chi connectivity index (χ3v) is 2.80. The molecule has 2 N–H and O–H groups in total. The van der Waals surface area contributed by atoms with E-state index in [0.29, 0.717) is 10.0 Å². The molecular weight excluding hydrogens is 313 g/mol. The normalized spacial score (nSPS) is 13.7. The molecule has 0 fully saturated rings. The van der Waals surface area contributed by atoms with Crippen molar-refractivity contribution in [1.29, 1.82) is 0 Å². The lowest BCUT2D eigenvalue weighted by atomic mass is 10.1. The highest BCUT2D eigenvalue weighted by atomic mass is 79.9. The number of primary amides is 1. The van der Waals surface area contributed by atoms with Crippen LogP contribution in [0.1, 0.15) is 11.6 Å². The summed E-state index contributed by atoms with van der Waals surface area (Å²) in [5, 5.41) is 0. The predicted octanol–water partition coefficient (Wildman–Crippen LogP) is 2.47. The number of carbonyl (C=O) groups excluding carboxylic acids is 1. The van der Waals surface area contributed by atoms with Gasteiger partial charge in [-0.2, -0.15) is 13.2 Å². The van der Waals surface area contributed by atoms with E-state index < -0.39 is 24.7 Å². The number of nitrogens with two attached hydrogens (primary N) is 1. The first-order valence-corrected chi connectivity index (χ1v) is 5.82. The van der Waals surface area contributed by atoms with Crippen LogP contribution in [0.25, 0.3) is 0 Å². The molecule has 1 aromatic carbocycles. The highest BCUT2D eigenvalue weighted by Crippen LogP contribution is 2.26. The maximum atomic E-state index is 12.3. The van der Waals surface area contributed by atoms with E-state index in [0.717, 1.165) is 4.90 Å². The molecule has 3 nitrogen and oxygen atoms in total. The number of nitrogens with zero attached hydrogens (tertiary/aromatic N) is 1. The molecule has 0 saturated carbocycles. The summed E-state index contributed by atoms with van der Waals surface area (Å²) in [6.07, 6.45) is -4.38. The SMILES string of the molecule is CN(CC(F)(F)F)[C@@H](C(N)=O)c1cccc(Br)c1. The fourth-order valence-electron chi connectivity index (χ4n) is 1.69. The Morgan fingerprint density at radius 2 is 2.11 bits per heavy atom. The summed E-state index contributed by atoms with van der Waals surface area (Å²) < 4.78 is 37.6. The topological polar surface area (TPSA) is 46.3 Å². The van der Waals surface area contributed by atoms with Crippen molar-refractivity contribution < 1.29 is 18.0 Å². The van der Waals surface area contributed by atoms with Crippen molar-refractivity contribution >= 4 is 21.8 Å². The van der Waals surface area contributed by atoms with Crippen molar-refractivity contribution in [2.75, 3.05) is 13.6 Å². The molecule has 7 heteroatoms. The van der Waals surface area contributed by atoms with Gasteiger partial charge in [-0.05, 0) is 24.7 Å². The van der Waals surface area contributed by atoms with Crippen LogP contribution < -0.4 is 5.73 Å². The second kappa shape index (κ2) is 5.71. The van der Waals surface area contributed by atoms with Crippen LogP contribution in [-0.2, 0) is 4.79 Å². The Balaban J connectivity index is 3.00. The number of hydrogen-bond acceptors (Lipinski definition) is 2.